The first-order chi connectivity index (χ1) is 29.8. The minimum Gasteiger partial charge on any atom is -0.317 e. The molecule has 0 atom stereocenters. The molecule has 0 spiro atoms. The molecule has 60 heavy (non-hydrogen) atoms. The Kier molecular flexibility index (Phi) is 6.03. The van der Waals surface area contributed by atoms with Crippen molar-refractivity contribution in [2.45, 2.75) is 0 Å². The molecular formula is C55H31N5. The van der Waals surface area contributed by atoms with Crippen LogP contribution in [0.4, 0.5) is 5.69 Å². The minimum atomic E-state index is 0.586. The zero-order valence-electron chi connectivity index (χ0n) is 32.1. The lowest BCUT2D eigenvalue weighted by molar-refractivity contribution is 1.10. The van der Waals surface area contributed by atoms with Gasteiger partial charge >= 0.3 is 0 Å². The number of rotatable bonds is 3. The van der Waals surface area contributed by atoms with E-state index in [0.29, 0.717) is 5.69 Å². The number of hydrogen-bond donors (Lipinski definition) is 0. The smallest absolute Gasteiger partial charge is 0.238 e. The summed E-state index contributed by atoms with van der Waals surface area (Å²) in [4.78, 5) is 4.79. The highest BCUT2D eigenvalue weighted by Gasteiger charge is 2.33. The zero-order valence-corrected chi connectivity index (χ0v) is 32.1. The van der Waals surface area contributed by atoms with Crippen LogP contribution in [0.1, 0.15) is 0 Å². The Hall–Kier alpha value is -8.33. The summed E-state index contributed by atoms with van der Waals surface area (Å²) in [7, 11) is 0. The number of benzene rings is 9. The van der Waals surface area contributed by atoms with Crippen molar-refractivity contribution in [3.63, 3.8) is 0 Å². The molecule has 0 bridgehead atoms. The van der Waals surface area contributed by atoms with Crippen LogP contribution in [-0.2, 0) is 0 Å². The van der Waals surface area contributed by atoms with Crippen molar-refractivity contribution >= 4 is 109 Å². The topological polar surface area (TPSA) is 23.6 Å². The van der Waals surface area contributed by atoms with E-state index >= 15 is 0 Å². The van der Waals surface area contributed by atoms with E-state index in [-0.39, 0.29) is 0 Å². The maximum atomic E-state index is 9.59. The maximum Gasteiger partial charge on any atom is 0.238 e. The Morgan fingerprint density at radius 3 is 1.02 bits per heavy atom. The lowest BCUT2D eigenvalue weighted by Gasteiger charge is -2.24. The van der Waals surface area contributed by atoms with Crippen LogP contribution >= 0.6 is 0 Å². The van der Waals surface area contributed by atoms with Gasteiger partial charge in [-0.25, -0.2) is 4.85 Å². The van der Waals surface area contributed by atoms with Crippen LogP contribution in [0.15, 0.2) is 188 Å². The second kappa shape index (κ2) is 11.4. The van der Waals surface area contributed by atoms with E-state index in [2.05, 4.69) is 206 Å². The van der Waals surface area contributed by atoms with Gasteiger partial charge in [0.1, 0.15) is 0 Å². The quantitative estimate of drug-likeness (QED) is 0.160. The fourth-order valence-electron chi connectivity index (χ4n) is 10.8. The van der Waals surface area contributed by atoms with Crippen molar-refractivity contribution < 1.29 is 0 Å². The van der Waals surface area contributed by atoms with E-state index in [4.69, 9.17) is 4.85 Å². The van der Waals surface area contributed by atoms with E-state index in [0.717, 1.165) is 99.0 Å². The molecule has 276 valence electrons. The second-order valence-electron chi connectivity index (χ2n) is 15.9. The van der Waals surface area contributed by atoms with Crippen molar-refractivity contribution in [3.8, 4) is 17.1 Å². The molecule has 0 saturated carbocycles. The highest BCUT2D eigenvalue weighted by Crippen LogP contribution is 2.53. The Bertz CT molecular complexity index is 4040. The Morgan fingerprint density at radius 2 is 0.600 bits per heavy atom. The molecule has 0 saturated heterocycles. The first kappa shape index (κ1) is 31.7. The van der Waals surface area contributed by atoms with Crippen LogP contribution in [-0.4, -0.2) is 18.1 Å². The largest absolute Gasteiger partial charge is 0.317 e. The number of hydrogen-bond acceptors (Lipinski definition) is 0. The molecular weight excluding hydrogens is 731 g/mol. The van der Waals surface area contributed by atoms with Crippen molar-refractivity contribution in [1.29, 1.82) is 0 Å². The minimum absolute atomic E-state index is 0.586. The predicted molar refractivity (Wildman–Crippen MR) is 250 cm³/mol. The third-order valence-corrected chi connectivity index (χ3v) is 13.1. The average Bonchev–Trinajstić information content (AvgIpc) is 4.10. The SMILES string of the molecule is [C-]#[N+]c1c(-n2c3ccccc3c3ccccc32)c(-n2c3ccccc3c3ccccc32)c2c3cccc4c5ccccc5n(c2c1-n1c2ccccc2c2ccccc21)c43. The number of para-hydroxylation sites is 8. The van der Waals surface area contributed by atoms with E-state index in [1.807, 2.05) is 0 Å². The van der Waals surface area contributed by atoms with Gasteiger partial charge in [0.25, 0.3) is 0 Å². The third-order valence-electron chi connectivity index (χ3n) is 13.1. The van der Waals surface area contributed by atoms with Gasteiger partial charge in [0.2, 0.25) is 5.69 Å². The second-order valence-corrected chi connectivity index (χ2v) is 15.9. The van der Waals surface area contributed by atoms with Crippen LogP contribution in [0.3, 0.4) is 0 Å². The molecule has 0 aliphatic heterocycles. The van der Waals surface area contributed by atoms with Gasteiger partial charge in [-0.2, -0.15) is 0 Å². The van der Waals surface area contributed by atoms with Crippen LogP contribution in [0.25, 0.3) is 125 Å². The molecule has 14 rings (SSSR count). The average molecular weight is 762 g/mol. The molecule has 5 aromatic heterocycles. The summed E-state index contributed by atoms with van der Waals surface area (Å²) in [6.45, 7) is 9.59. The summed E-state index contributed by atoms with van der Waals surface area (Å²) in [6.07, 6.45) is 0. The summed E-state index contributed by atoms with van der Waals surface area (Å²) >= 11 is 0. The Morgan fingerprint density at radius 1 is 0.283 bits per heavy atom. The number of aromatic nitrogens is 4. The molecule has 0 amide bonds. The monoisotopic (exact) mass is 761 g/mol. The van der Waals surface area contributed by atoms with Gasteiger partial charge in [-0.05, 0) is 42.5 Å². The molecule has 0 unspecified atom stereocenters. The lowest BCUT2D eigenvalue weighted by atomic mass is 10.0. The number of nitrogens with zero attached hydrogens (tertiary/aromatic N) is 5. The standard InChI is InChI=1S/C55H31N5/c1-56-50-54(58-44-28-11-4-19-35(44)36-20-5-12-29-45(36)58)52(57-42-26-9-2-17-33(42)34-18-3-10-27-43(34)57)49-41-25-16-24-40-39-23-8-15-32-48(39)60(51(40)41)53(49)55(50)59-46-30-13-6-21-37(46)38-22-7-14-31-47(38)59/h2-32H. The molecule has 14 aromatic rings. The van der Waals surface area contributed by atoms with Crippen LogP contribution in [0.2, 0.25) is 0 Å². The van der Waals surface area contributed by atoms with Crippen LogP contribution in [0.5, 0.6) is 0 Å². The molecule has 5 nitrogen and oxygen atoms in total. The van der Waals surface area contributed by atoms with Crippen molar-refractivity contribution in [1.82, 2.24) is 18.1 Å². The van der Waals surface area contributed by atoms with Gasteiger partial charge in [0, 0.05) is 53.9 Å². The van der Waals surface area contributed by atoms with Gasteiger partial charge in [-0.3, -0.25) is 0 Å². The molecule has 0 radical (unpaired) electrons. The van der Waals surface area contributed by atoms with E-state index in [1.54, 1.807) is 0 Å². The summed E-state index contributed by atoms with van der Waals surface area (Å²) in [5.41, 5.74) is 13.0. The first-order valence-electron chi connectivity index (χ1n) is 20.4. The zero-order chi connectivity index (χ0) is 39.2. The fourth-order valence-corrected chi connectivity index (χ4v) is 10.8. The highest BCUT2D eigenvalue weighted by molar-refractivity contribution is 6.30. The summed E-state index contributed by atoms with van der Waals surface area (Å²) in [5.74, 6) is 0. The summed E-state index contributed by atoms with van der Waals surface area (Å²) < 4.78 is 9.70. The fraction of sp³-hybridized carbons (Fsp3) is 0. The van der Waals surface area contributed by atoms with E-state index in [1.165, 1.54) is 21.5 Å². The summed E-state index contributed by atoms with van der Waals surface area (Å²) in [6, 6.07) is 67.6. The first-order valence-corrected chi connectivity index (χ1v) is 20.4. The predicted octanol–water partition coefficient (Wildman–Crippen LogP) is 14.7. The normalized spacial score (nSPS) is 12.3. The summed E-state index contributed by atoms with van der Waals surface area (Å²) in [5, 5.41) is 11.6. The van der Waals surface area contributed by atoms with Gasteiger partial charge in [-0.1, -0.05) is 146 Å². The van der Waals surface area contributed by atoms with Gasteiger partial charge in [0.05, 0.1) is 73.3 Å². The lowest BCUT2D eigenvalue weighted by Crippen LogP contribution is -2.08. The molecule has 0 fully saturated rings. The molecule has 0 aliphatic carbocycles. The molecule has 0 aliphatic rings. The van der Waals surface area contributed by atoms with Gasteiger partial charge in [-0.15, -0.1) is 0 Å². The van der Waals surface area contributed by atoms with E-state index in [9.17, 15) is 6.57 Å². The maximum absolute atomic E-state index is 9.59. The van der Waals surface area contributed by atoms with Crippen molar-refractivity contribution in [3.05, 3.63) is 199 Å². The van der Waals surface area contributed by atoms with Crippen LogP contribution < -0.4 is 0 Å². The van der Waals surface area contributed by atoms with Gasteiger partial charge < -0.3 is 18.1 Å². The number of fused-ring (bicyclic) bond motifs is 15. The Labute approximate surface area is 342 Å². The van der Waals surface area contributed by atoms with Crippen molar-refractivity contribution in [2.75, 3.05) is 0 Å². The van der Waals surface area contributed by atoms with Gasteiger partial charge in [0.15, 0.2) is 0 Å². The molecule has 5 heterocycles. The van der Waals surface area contributed by atoms with Crippen molar-refractivity contribution in [2.24, 2.45) is 0 Å². The molecule has 0 N–H and O–H groups in total. The highest BCUT2D eigenvalue weighted by atomic mass is 15.1. The van der Waals surface area contributed by atoms with Crippen LogP contribution in [0, 0.1) is 6.57 Å². The third kappa shape index (κ3) is 3.77. The molecule has 5 heteroatoms. The van der Waals surface area contributed by atoms with E-state index < -0.39 is 0 Å². The Balaban J connectivity index is 1.37. The molecule has 9 aromatic carbocycles.